The number of aliphatic hydroxyl groups excluding tert-OH is 1. The third kappa shape index (κ3) is 3.27. The first kappa shape index (κ1) is 21.8. The van der Waals surface area contributed by atoms with Gasteiger partial charge in [-0.25, -0.2) is 0 Å². The predicted molar refractivity (Wildman–Crippen MR) is 118 cm³/mol. The zero-order chi connectivity index (χ0) is 22.5. The summed E-state index contributed by atoms with van der Waals surface area (Å²) in [5.41, 5.74) is 1.08. The van der Waals surface area contributed by atoms with E-state index >= 15 is 0 Å². The van der Waals surface area contributed by atoms with E-state index in [1.165, 1.54) is 0 Å². The third-order valence-corrected chi connectivity index (χ3v) is 8.53. The van der Waals surface area contributed by atoms with Crippen molar-refractivity contribution >= 4 is 5.91 Å². The second kappa shape index (κ2) is 8.10. The van der Waals surface area contributed by atoms with E-state index < -0.39 is 0 Å². The summed E-state index contributed by atoms with van der Waals surface area (Å²) in [6, 6.07) is 4.17. The summed E-state index contributed by atoms with van der Waals surface area (Å²) >= 11 is 0. The predicted octanol–water partition coefficient (Wildman–Crippen LogP) is 3.24. The molecule has 0 radical (unpaired) electrons. The van der Waals surface area contributed by atoms with Gasteiger partial charge in [-0.1, -0.05) is 13.8 Å². The molecule has 7 heteroatoms. The summed E-state index contributed by atoms with van der Waals surface area (Å²) in [7, 11) is 1.66. The van der Waals surface area contributed by atoms with Crippen molar-refractivity contribution in [2.75, 3.05) is 33.5 Å². The smallest absolute Gasteiger partial charge is 0.222 e. The molecule has 7 nitrogen and oxygen atoms in total. The van der Waals surface area contributed by atoms with Gasteiger partial charge in [0.2, 0.25) is 11.7 Å². The highest BCUT2D eigenvalue weighted by Crippen LogP contribution is 2.70. The van der Waals surface area contributed by atoms with E-state index in [1.807, 2.05) is 6.07 Å². The van der Waals surface area contributed by atoms with Gasteiger partial charge in [-0.2, -0.15) is 0 Å². The molecule has 1 amide bonds. The van der Waals surface area contributed by atoms with E-state index in [2.05, 4.69) is 25.2 Å². The first-order chi connectivity index (χ1) is 15.4. The van der Waals surface area contributed by atoms with Gasteiger partial charge in [0.1, 0.15) is 0 Å². The van der Waals surface area contributed by atoms with Crippen LogP contribution in [-0.4, -0.2) is 50.6 Å². The molecular weight excluding hydrogens is 410 g/mol. The van der Waals surface area contributed by atoms with Crippen LogP contribution in [0.4, 0.5) is 0 Å². The number of aliphatic hydroxyl groups is 1. The van der Waals surface area contributed by atoms with E-state index in [4.69, 9.17) is 18.9 Å². The molecule has 1 aromatic rings. The Hall–Kier alpha value is -1.99. The Balaban J connectivity index is 1.50. The van der Waals surface area contributed by atoms with Crippen LogP contribution in [0, 0.1) is 22.7 Å². The zero-order valence-corrected chi connectivity index (χ0v) is 19.3. The molecule has 176 valence electrons. The summed E-state index contributed by atoms with van der Waals surface area (Å²) in [5, 5.41) is 12.6. The van der Waals surface area contributed by atoms with Crippen LogP contribution in [0.3, 0.4) is 0 Å². The standard InChI is InChI=1S/C25H35NO6/c1-24(2)16-13-17-21(15-11-18(29-3)22-19(12-15)30-8-4-9-31-22)32-10-6-25(17,14-16)23(24)26-20(28)5-7-27/h11-12,16-17,21,23,27H,4-10,13-14H2,1-3H3,(H,26,28)/t16-,17-,21-,23-,25?/m1/s1. The number of hydrogen-bond acceptors (Lipinski definition) is 6. The van der Waals surface area contributed by atoms with Crippen LogP contribution in [0.25, 0.3) is 0 Å². The number of rotatable bonds is 5. The first-order valence-corrected chi connectivity index (χ1v) is 11.9. The van der Waals surface area contributed by atoms with Gasteiger partial charge in [-0.3, -0.25) is 4.79 Å². The highest BCUT2D eigenvalue weighted by molar-refractivity contribution is 5.76. The Morgan fingerprint density at radius 2 is 2.06 bits per heavy atom. The molecule has 5 rings (SSSR count). The minimum Gasteiger partial charge on any atom is -0.493 e. The minimum absolute atomic E-state index is 0.000414. The zero-order valence-electron chi connectivity index (χ0n) is 19.3. The Labute approximate surface area is 189 Å². The maximum Gasteiger partial charge on any atom is 0.222 e. The lowest BCUT2D eigenvalue weighted by Crippen LogP contribution is -2.59. The molecule has 0 aromatic heterocycles. The molecule has 1 unspecified atom stereocenters. The number of methoxy groups -OCH3 is 1. The fourth-order valence-corrected chi connectivity index (χ4v) is 7.03. The molecule has 2 heterocycles. The molecule has 4 aliphatic rings. The van der Waals surface area contributed by atoms with E-state index in [1.54, 1.807) is 7.11 Å². The van der Waals surface area contributed by atoms with Gasteiger partial charge in [0.15, 0.2) is 11.5 Å². The molecular formula is C25H35NO6. The summed E-state index contributed by atoms with van der Waals surface area (Å²) in [6.07, 6.45) is 4.05. The minimum atomic E-state index is -0.123. The Morgan fingerprint density at radius 3 is 2.84 bits per heavy atom. The van der Waals surface area contributed by atoms with Crippen molar-refractivity contribution in [2.45, 2.75) is 58.1 Å². The lowest BCUT2D eigenvalue weighted by molar-refractivity contribution is -0.137. The molecule has 3 fully saturated rings. The number of amides is 1. The van der Waals surface area contributed by atoms with Crippen molar-refractivity contribution in [3.8, 4) is 17.2 Å². The van der Waals surface area contributed by atoms with Gasteiger partial charge < -0.3 is 29.4 Å². The lowest BCUT2D eigenvalue weighted by atomic mass is 9.58. The second-order valence-corrected chi connectivity index (χ2v) is 10.4. The number of fused-ring (bicyclic) bond motifs is 2. The second-order valence-electron chi connectivity index (χ2n) is 10.4. The number of nitrogens with one attached hydrogen (secondary N) is 1. The molecule has 1 spiro atoms. The van der Waals surface area contributed by atoms with Gasteiger partial charge in [0.05, 0.1) is 33.0 Å². The van der Waals surface area contributed by atoms with Gasteiger partial charge in [0, 0.05) is 25.5 Å². The van der Waals surface area contributed by atoms with Gasteiger partial charge >= 0.3 is 0 Å². The maximum absolute atomic E-state index is 12.5. The largest absolute Gasteiger partial charge is 0.493 e. The summed E-state index contributed by atoms with van der Waals surface area (Å²) in [5.74, 6) is 2.84. The molecule has 2 N–H and O–H groups in total. The molecule has 1 aromatic carbocycles. The molecule has 2 aliphatic heterocycles. The maximum atomic E-state index is 12.5. The van der Waals surface area contributed by atoms with E-state index in [0.29, 0.717) is 43.2 Å². The summed E-state index contributed by atoms with van der Waals surface area (Å²) in [6.45, 7) is 6.34. The van der Waals surface area contributed by atoms with Crippen LogP contribution >= 0.6 is 0 Å². The van der Waals surface area contributed by atoms with Crippen LogP contribution in [0.5, 0.6) is 17.2 Å². The van der Waals surface area contributed by atoms with E-state index in [-0.39, 0.29) is 41.9 Å². The van der Waals surface area contributed by atoms with Crippen molar-refractivity contribution in [1.82, 2.24) is 5.32 Å². The van der Waals surface area contributed by atoms with Crippen molar-refractivity contribution in [1.29, 1.82) is 0 Å². The normalized spacial score (nSPS) is 34.5. The van der Waals surface area contributed by atoms with Crippen LogP contribution in [0.1, 0.15) is 57.6 Å². The van der Waals surface area contributed by atoms with Crippen LogP contribution < -0.4 is 19.5 Å². The lowest BCUT2D eigenvalue weighted by Gasteiger charge is -2.53. The topological polar surface area (TPSA) is 86.3 Å². The van der Waals surface area contributed by atoms with E-state index in [9.17, 15) is 9.90 Å². The molecule has 2 saturated carbocycles. The van der Waals surface area contributed by atoms with Crippen molar-refractivity contribution in [2.24, 2.45) is 22.7 Å². The van der Waals surface area contributed by atoms with Crippen molar-refractivity contribution in [3.05, 3.63) is 17.7 Å². The molecule has 32 heavy (non-hydrogen) atoms. The Bertz CT molecular complexity index is 885. The SMILES string of the molecule is COc1cc([C@H]2OCCC34C[C@@H](C[C@H]23)C(C)(C)[C@H]4NC(=O)CCO)cc2c1OCCCO2. The first-order valence-electron chi connectivity index (χ1n) is 11.9. The van der Waals surface area contributed by atoms with Crippen molar-refractivity contribution in [3.63, 3.8) is 0 Å². The van der Waals surface area contributed by atoms with E-state index in [0.717, 1.165) is 37.0 Å². The van der Waals surface area contributed by atoms with Crippen LogP contribution in [0.15, 0.2) is 12.1 Å². The van der Waals surface area contributed by atoms with Gasteiger partial charge in [-0.05, 0) is 59.6 Å². The fraction of sp³-hybridized carbons (Fsp3) is 0.720. The highest BCUT2D eigenvalue weighted by Gasteiger charge is 2.68. The number of ether oxygens (including phenoxy) is 4. The monoisotopic (exact) mass is 445 g/mol. The third-order valence-electron chi connectivity index (χ3n) is 8.53. The Kier molecular flexibility index (Phi) is 5.53. The average Bonchev–Trinajstić information content (AvgIpc) is 3.13. The highest BCUT2D eigenvalue weighted by atomic mass is 16.5. The average molecular weight is 446 g/mol. The van der Waals surface area contributed by atoms with Crippen LogP contribution in [0.2, 0.25) is 0 Å². The number of carbonyl (C=O) groups excluding carboxylic acids is 1. The molecule has 5 atom stereocenters. The fourth-order valence-electron chi connectivity index (χ4n) is 7.03. The van der Waals surface area contributed by atoms with Gasteiger partial charge in [0.25, 0.3) is 0 Å². The molecule has 2 aliphatic carbocycles. The quantitative estimate of drug-likeness (QED) is 0.724. The van der Waals surface area contributed by atoms with Crippen LogP contribution in [-0.2, 0) is 9.53 Å². The number of hydrogen-bond donors (Lipinski definition) is 2. The summed E-state index contributed by atoms with van der Waals surface area (Å²) < 4.78 is 24.0. The molecule has 2 bridgehead atoms. The van der Waals surface area contributed by atoms with Crippen molar-refractivity contribution < 1.29 is 28.8 Å². The molecule has 1 saturated heterocycles. The number of benzene rings is 1. The Morgan fingerprint density at radius 1 is 1.25 bits per heavy atom. The van der Waals surface area contributed by atoms with Gasteiger partial charge in [-0.15, -0.1) is 0 Å². The summed E-state index contributed by atoms with van der Waals surface area (Å²) in [4.78, 5) is 12.5. The number of carbonyl (C=O) groups is 1.